The number of benzene rings is 2. The fourth-order valence-electron chi connectivity index (χ4n) is 3.87. The molecule has 0 unspecified atom stereocenters. The molecule has 8 nitrogen and oxygen atoms in total. The summed E-state index contributed by atoms with van der Waals surface area (Å²) in [5.41, 5.74) is 3.29. The van der Waals surface area contributed by atoms with Gasteiger partial charge in [-0.05, 0) is 50.1 Å². The van der Waals surface area contributed by atoms with Crippen LogP contribution in [0.1, 0.15) is 36.6 Å². The predicted octanol–water partition coefficient (Wildman–Crippen LogP) is 2.66. The van der Waals surface area contributed by atoms with E-state index >= 15 is 0 Å². The maximum atomic E-state index is 13.6. The second-order valence-electron chi connectivity index (χ2n) is 8.15. The number of methoxy groups -OCH3 is 1. The van der Waals surface area contributed by atoms with Crippen LogP contribution in [-0.2, 0) is 19.1 Å². The molecule has 0 radical (unpaired) electrons. The molecule has 1 aromatic heterocycles. The van der Waals surface area contributed by atoms with E-state index in [1.807, 2.05) is 31.2 Å². The van der Waals surface area contributed by atoms with Crippen LogP contribution in [0, 0.1) is 6.92 Å². The Morgan fingerprint density at radius 2 is 1.78 bits per heavy atom. The average Bonchev–Trinajstić information content (AvgIpc) is 3.17. The van der Waals surface area contributed by atoms with Gasteiger partial charge in [0.25, 0.3) is 5.56 Å². The van der Waals surface area contributed by atoms with Gasteiger partial charge in [0.05, 0.1) is 35.6 Å². The van der Waals surface area contributed by atoms with E-state index in [1.165, 1.54) is 18.4 Å². The van der Waals surface area contributed by atoms with Crippen LogP contribution in [0.4, 0.5) is 0 Å². The van der Waals surface area contributed by atoms with Gasteiger partial charge >= 0.3 is 11.9 Å². The van der Waals surface area contributed by atoms with Crippen LogP contribution >= 0.6 is 11.3 Å². The summed E-state index contributed by atoms with van der Waals surface area (Å²) in [6.45, 7) is 5.52. The van der Waals surface area contributed by atoms with Crippen LogP contribution in [0.25, 0.3) is 6.08 Å². The summed E-state index contributed by atoms with van der Waals surface area (Å²) in [5, 5.41) is 0. The molecule has 1 aliphatic rings. The molecule has 0 aliphatic carbocycles. The van der Waals surface area contributed by atoms with Gasteiger partial charge < -0.3 is 14.2 Å². The summed E-state index contributed by atoms with van der Waals surface area (Å²) in [4.78, 5) is 42.9. The van der Waals surface area contributed by atoms with Crippen molar-refractivity contribution in [3.63, 3.8) is 0 Å². The number of carbonyl (C=O) groups excluding carboxylic acids is 2. The lowest BCUT2D eigenvalue weighted by atomic mass is 9.95. The summed E-state index contributed by atoms with van der Waals surface area (Å²) in [5.74, 6) is -0.449. The van der Waals surface area contributed by atoms with Gasteiger partial charge in [-0.15, -0.1) is 0 Å². The number of hydrogen-bond acceptors (Lipinski definition) is 8. The van der Waals surface area contributed by atoms with E-state index in [0.29, 0.717) is 26.4 Å². The third kappa shape index (κ3) is 5.16. The predicted molar refractivity (Wildman–Crippen MR) is 136 cm³/mol. The third-order valence-electron chi connectivity index (χ3n) is 5.67. The molecule has 2 heterocycles. The molecule has 4 rings (SSSR count). The number of rotatable bonds is 7. The number of fused-ring (bicyclic) bond motifs is 1. The average molecular weight is 507 g/mol. The second-order valence-corrected chi connectivity index (χ2v) is 9.16. The zero-order chi connectivity index (χ0) is 25.8. The van der Waals surface area contributed by atoms with Crippen molar-refractivity contribution in [2.24, 2.45) is 4.99 Å². The molecule has 36 heavy (non-hydrogen) atoms. The minimum Gasteiger partial charge on any atom is -0.482 e. The van der Waals surface area contributed by atoms with Crippen molar-refractivity contribution in [3.8, 4) is 5.75 Å². The van der Waals surface area contributed by atoms with Gasteiger partial charge in [-0.25, -0.2) is 14.6 Å². The Morgan fingerprint density at radius 3 is 2.42 bits per heavy atom. The van der Waals surface area contributed by atoms with Gasteiger partial charge in [-0.1, -0.05) is 53.3 Å². The largest absolute Gasteiger partial charge is 0.482 e. The number of carbonyl (C=O) groups is 2. The van der Waals surface area contributed by atoms with Crippen molar-refractivity contribution in [3.05, 3.63) is 96.2 Å². The molecular formula is C27H26N2O6S. The molecule has 0 saturated heterocycles. The molecule has 9 heteroatoms. The lowest BCUT2D eigenvalue weighted by Gasteiger charge is -2.24. The van der Waals surface area contributed by atoms with Crippen molar-refractivity contribution >= 4 is 29.4 Å². The molecule has 0 bridgehead atoms. The monoisotopic (exact) mass is 506 g/mol. The molecule has 0 N–H and O–H groups in total. The van der Waals surface area contributed by atoms with Crippen LogP contribution in [-0.4, -0.2) is 36.8 Å². The number of ether oxygens (including phenoxy) is 3. The maximum absolute atomic E-state index is 13.6. The van der Waals surface area contributed by atoms with E-state index in [-0.39, 0.29) is 18.8 Å². The van der Waals surface area contributed by atoms with Gasteiger partial charge in [0, 0.05) is 0 Å². The highest BCUT2D eigenvalue weighted by molar-refractivity contribution is 7.07. The van der Waals surface area contributed by atoms with Crippen LogP contribution in [0.5, 0.6) is 5.75 Å². The quantitative estimate of drug-likeness (QED) is 0.457. The van der Waals surface area contributed by atoms with Crippen molar-refractivity contribution < 1.29 is 23.8 Å². The number of esters is 2. The van der Waals surface area contributed by atoms with Crippen molar-refractivity contribution in [2.75, 3.05) is 20.3 Å². The second kappa shape index (κ2) is 10.7. The van der Waals surface area contributed by atoms with Crippen LogP contribution in [0.3, 0.4) is 0 Å². The van der Waals surface area contributed by atoms with Crippen LogP contribution < -0.4 is 19.6 Å². The zero-order valence-electron chi connectivity index (χ0n) is 20.4. The lowest BCUT2D eigenvalue weighted by molar-refractivity contribution is -0.143. The number of aromatic nitrogens is 1. The Hall–Kier alpha value is -3.98. The first-order chi connectivity index (χ1) is 17.3. The van der Waals surface area contributed by atoms with Crippen molar-refractivity contribution in [1.82, 2.24) is 4.57 Å². The normalized spacial score (nSPS) is 15.2. The topological polar surface area (TPSA) is 96.2 Å². The van der Waals surface area contributed by atoms with E-state index in [0.717, 1.165) is 16.7 Å². The molecule has 1 atom stereocenters. The fourth-order valence-corrected chi connectivity index (χ4v) is 4.92. The van der Waals surface area contributed by atoms with Crippen LogP contribution in [0.15, 0.2) is 69.6 Å². The Kier molecular flexibility index (Phi) is 7.49. The lowest BCUT2D eigenvalue weighted by Crippen LogP contribution is -2.39. The number of aryl methyl sites for hydroxylation is 1. The minimum atomic E-state index is -0.642. The van der Waals surface area contributed by atoms with Crippen molar-refractivity contribution in [2.45, 2.75) is 26.8 Å². The van der Waals surface area contributed by atoms with Crippen molar-refractivity contribution in [1.29, 1.82) is 0 Å². The highest BCUT2D eigenvalue weighted by Gasteiger charge is 2.33. The number of hydrogen-bond donors (Lipinski definition) is 0. The van der Waals surface area contributed by atoms with E-state index < -0.39 is 18.0 Å². The highest BCUT2D eigenvalue weighted by atomic mass is 32.1. The van der Waals surface area contributed by atoms with E-state index in [4.69, 9.17) is 9.47 Å². The Morgan fingerprint density at radius 1 is 1.08 bits per heavy atom. The Bertz CT molecular complexity index is 1500. The standard InChI is InChI=1S/C27H26N2O6S/c1-5-34-26(32)23-17(3)28-27-29(24(23)19-10-6-16(2)7-11-19)25(31)21(36-27)14-18-8-12-20(13-9-18)35-15-22(30)33-4/h6-14,24H,5,15H2,1-4H3/t24-/m1/s1. The van der Waals surface area contributed by atoms with Gasteiger partial charge in [0.15, 0.2) is 11.4 Å². The minimum absolute atomic E-state index is 0.185. The molecule has 186 valence electrons. The summed E-state index contributed by atoms with van der Waals surface area (Å²) in [6.07, 6.45) is 1.77. The summed E-state index contributed by atoms with van der Waals surface area (Å²) < 4.78 is 17.3. The smallest absolute Gasteiger partial charge is 0.343 e. The number of nitrogens with zero attached hydrogens (tertiary/aromatic N) is 2. The van der Waals surface area contributed by atoms with Crippen LogP contribution in [0.2, 0.25) is 0 Å². The molecule has 0 saturated carbocycles. The van der Waals surface area contributed by atoms with E-state index in [9.17, 15) is 14.4 Å². The molecular weight excluding hydrogens is 480 g/mol. The molecule has 0 spiro atoms. The fraction of sp³-hybridized carbons (Fsp3) is 0.259. The number of thiazole rings is 1. The highest BCUT2D eigenvalue weighted by Crippen LogP contribution is 2.30. The Balaban J connectivity index is 1.77. The summed E-state index contributed by atoms with van der Waals surface area (Å²) in [7, 11) is 1.30. The maximum Gasteiger partial charge on any atom is 0.343 e. The first-order valence-corrected chi connectivity index (χ1v) is 12.2. The van der Waals surface area contributed by atoms with Gasteiger partial charge in [-0.3, -0.25) is 9.36 Å². The van der Waals surface area contributed by atoms with E-state index in [1.54, 1.807) is 48.8 Å². The van der Waals surface area contributed by atoms with Gasteiger partial charge in [-0.2, -0.15) is 0 Å². The molecule has 3 aromatic rings. The summed E-state index contributed by atoms with van der Waals surface area (Å²) >= 11 is 1.26. The molecule has 2 aromatic carbocycles. The van der Waals surface area contributed by atoms with Gasteiger partial charge in [0.2, 0.25) is 0 Å². The molecule has 1 aliphatic heterocycles. The first-order valence-electron chi connectivity index (χ1n) is 11.4. The van der Waals surface area contributed by atoms with Gasteiger partial charge in [0.1, 0.15) is 5.75 Å². The molecule has 0 amide bonds. The number of allylic oxidation sites excluding steroid dienone is 1. The first kappa shape index (κ1) is 25.1. The molecule has 0 fully saturated rings. The Labute approximate surface area is 211 Å². The summed E-state index contributed by atoms with van der Waals surface area (Å²) in [6, 6.07) is 14.1. The zero-order valence-corrected chi connectivity index (χ0v) is 21.3. The van der Waals surface area contributed by atoms with E-state index in [2.05, 4.69) is 9.73 Å². The SMILES string of the molecule is CCOC(=O)C1=C(C)N=c2sc(=Cc3ccc(OCC(=O)OC)cc3)c(=O)n2[C@@H]1c1ccc(C)cc1. The third-order valence-corrected chi connectivity index (χ3v) is 6.66.